The van der Waals surface area contributed by atoms with Gasteiger partial charge in [-0.1, -0.05) is 13.8 Å². The number of rotatable bonds is 7. The van der Waals surface area contributed by atoms with Crippen LogP contribution in [-0.4, -0.2) is 43.7 Å². The van der Waals surface area contributed by atoms with Crippen LogP contribution in [-0.2, 0) is 0 Å². The predicted molar refractivity (Wildman–Crippen MR) is 76.2 cm³/mol. The molecular formula is C14H25N3O. The fourth-order valence-corrected chi connectivity index (χ4v) is 2.05. The summed E-state index contributed by atoms with van der Waals surface area (Å²) in [4.78, 5) is 6.54. The van der Waals surface area contributed by atoms with Gasteiger partial charge in [-0.2, -0.15) is 0 Å². The molecule has 0 bridgehead atoms. The van der Waals surface area contributed by atoms with E-state index >= 15 is 0 Å². The summed E-state index contributed by atoms with van der Waals surface area (Å²) >= 11 is 0. The summed E-state index contributed by atoms with van der Waals surface area (Å²) in [5.74, 6) is 2.27. The predicted octanol–water partition coefficient (Wildman–Crippen LogP) is 2.48. The summed E-state index contributed by atoms with van der Waals surface area (Å²) in [5.41, 5.74) is 0. The van der Waals surface area contributed by atoms with E-state index in [4.69, 9.17) is 4.74 Å². The number of anilines is 1. The Kier molecular flexibility index (Phi) is 5.92. The summed E-state index contributed by atoms with van der Waals surface area (Å²) in [5, 5.41) is 3.48. The molecule has 0 aliphatic heterocycles. The quantitative estimate of drug-likeness (QED) is 0.808. The monoisotopic (exact) mass is 251 g/mol. The summed E-state index contributed by atoms with van der Waals surface area (Å²) in [7, 11) is 5.85. The van der Waals surface area contributed by atoms with E-state index in [2.05, 4.69) is 43.1 Å². The third-order valence-electron chi connectivity index (χ3n) is 2.67. The number of nitrogens with zero attached hydrogens (tertiary/aromatic N) is 2. The molecule has 1 unspecified atom stereocenters. The van der Waals surface area contributed by atoms with Gasteiger partial charge in [0.25, 0.3) is 0 Å². The minimum absolute atomic E-state index is 0.379. The second-order valence-electron chi connectivity index (χ2n) is 5.29. The molecule has 0 spiro atoms. The lowest BCUT2D eigenvalue weighted by Gasteiger charge is -2.25. The summed E-state index contributed by atoms with van der Waals surface area (Å²) in [6, 6.07) is 4.19. The molecule has 1 rings (SSSR count). The molecule has 1 aromatic heterocycles. The molecule has 1 N–H and O–H groups in total. The maximum atomic E-state index is 5.32. The van der Waals surface area contributed by atoms with Crippen LogP contribution in [0.1, 0.15) is 20.3 Å². The largest absolute Gasteiger partial charge is 0.493 e. The summed E-state index contributed by atoms with van der Waals surface area (Å²) in [6.45, 7) is 5.46. The van der Waals surface area contributed by atoms with Gasteiger partial charge in [-0.25, -0.2) is 4.98 Å². The third kappa shape index (κ3) is 4.92. The van der Waals surface area contributed by atoms with Gasteiger partial charge in [0.15, 0.2) is 11.6 Å². The van der Waals surface area contributed by atoms with Crippen LogP contribution in [0.25, 0.3) is 0 Å². The van der Waals surface area contributed by atoms with Crippen LogP contribution < -0.4 is 10.1 Å². The fourth-order valence-electron chi connectivity index (χ4n) is 2.05. The minimum Gasteiger partial charge on any atom is -0.493 e. The molecule has 0 radical (unpaired) electrons. The van der Waals surface area contributed by atoms with Gasteiger partial charge >= 0.3 is 0 Å². The van der Waals surface area contributed by atoms with Crippen LogP contribution in [0.4, 0.5) is 5.82 Å². The zero-order valence-corrected chi connectivity index (χ0v) is 12.1. The first-order valence-corrected chi connectivity index (χ1v) is 6.43. The van der Waals surface area contributed by atoms with Gasteiger partial charge in [-0.3, -0.25) is 0 Å². The molecular weight excluding hydrogens is 226 g/mol. The zero-order valence-electron chi connectivity index (χ0n) is 12.1. The Morgan fingerprint density at radius 2 is 2.11 bits per heavy atom. The molecule has 0 aliphatic carbocycles. The first kappa shape index (κ1) is 14.8. The Hall–Kier alpha value is -1.29. The average Bonchev–Trinajstić information content (AvgIpc) is 2.27. The maximum absolute atomic E-state index is 5.32. The van der Waals surface area contributed by atoms with E-state index in [0.29, 0.717) is 12.0 Å². The number of methoxy groups -OCH3 is 1. The Morgan fingerprint density at radius 1 is 1.39 bits per heavy atom. The highest BCUT2D eigenvalue weighted by molar-refractivity contribution is 5.50. The standard InChI is InChI=1S/C14H25N3O/c1-11(2)9-12(10-17(3)4)16-14-13(18-5)7-6-8-15-14/h6-8,11-12H,9-10H2,1-5H3,(H,15,16). The van der Waals surface area contributed by atoms with Crippen LogP contribution in [0.15, 0.2) is 18.3 Å². The smallest absolute Gasteiger partial charge is 0.168 e. The third-order valence-corrected chi connectivity index (χ3v) is 2.67. The van der Waals surface area contributed by atoms with Crippen LogP contribution in [0.3, 0.4) is 0 Å². The molecule has 1 aromatic rings. The summed E-state index contributed by atoms with van der Waals surface area (Å²) < 4.78 is 5.32. The van der Waals surface area contributed by atoms with Crippen molar-refractivity contribution in [2.75, 3.05) is 33.1 Å². The number of hydrogen-bond acceptors (Lipinski definition) is 4. The number of likely N-dealkylation sites (N-methyl/N-ethyl adjacent to an activating group) is 1. The Bertz CT molecular complexity index is 343. The van der Waals surface area contributed by atoms with E-state index in [9.17, 15) is 0 Å². The van der Waals surface area contributed by atoms with Gasteiger partial charge in [-0.05, 0) is 38.6 Å². The highest BCUT2D eigenvalue weighted by Gasteiger charge is 2.14. The molecule has 0 fully saturated rings. The van der Waals surface area contributed by atoms with Crippen LogP contribution in [0, 0.1) is 5.92 Å². The second-order valence-corrected chi connectivity index (χ2v) is 5.29. The SMILES string of the molecule is COc1cccnc1NC(CC(C)C)CN(C)C. The summed E-state index contributed by atoms with van der Waals surface area (Å²) in [6.07, 6.45) is 2.89. The number of ether oxygens (including phenoxy) is 1. The van der Waals surface area contributed by atoms with E-state index in [1.54, 1.807) is 13.3 Å². The molecule has 0 aromatic carbocycles. The van der Waals surface area contributed by atoms with Crippen molar-refractivity contribution in [3.8, 4) is 5.75 Å². The normalized spacial score (nSPS) is 12.8. The van der Waals surface area contributed by atoms with Gasteiger partial charge in [0.2, 0.25) is 0 Å². The van der Waals surface area contributed by atoms with E-state index < -0.39 is 0 Å². The number of hydrogen-bond donors (Lipinski definition) is 1. The van der Waals surface area contributed by atoms with Crippen molar-refractivity contribution in [2.45, 2.75) is 26.3 Å². The molecule has 18 heavy (non-hydrogen) atoms. The van der Waals surface area contributed by atoms with E-state index in [0.717, 1.165) is 24.5 Å². The molecule has 4 heteroatoms. The van der Waals surface area contributed by atoms with Crippen molar-refractivity contribution in [3.05, 3.63) is 18.3 Å². The number of nitrogens with one attached hydrogen (secondary N) is 1. The first-order chi connectivity index (χ1) is 8.52. The van der Waals surface area contributed by atoms with Crippen molar-refractivity contribution < 1.29 is 4.74 Å². The first-order valence-electron chi connectivity index (χ1n) is 6.43. The van der Waals surface area contributed by atoms with E-state index in [1.165, 1.54) is 0 Å². The molecule has 102 valence electrons. The Morgan fingerprint density at radius 3 is 2.67 bits per heavy atom. The lowest BCUT2D eigenvalue weighted by Crippen LogP contribution is -2.33. The molecule has 0 amide bonds. The van der Waals surface area contributed by atoms with Gasteiger partial charge in [0.05, 0.1) is 7.11 Å². The maximum Gasteiger partial charge on any atom is 0.168 e. The van der Waals surface area contributed by atoms with Crippen molar-refractivity contribution in [3.63, 3.8) is 0 Å². The van der Waals surface area contributed by atoms with Gasteiger partial charge in [-0.15, -0.1) is 0 Å². The second kappa shape index (κ2) is 7.21. The van der Waals surface area contributed by atoms with Gasteiger partial charge in [0.1, 0.15) is 0 Å². The van der Waals surface area contributed by atoms with Crippen LogP contribution in [0.2, 0.25) is 0 Å². The molecule has 1 atom stereocenters. The Labute approximate surface area is 110 Å². The zero-order chi connectivity index (χ0) is 13.5. The van der Waals surface area contributed by atoms with Crippen molar-refractivity contribution in [1.82, 2.24) is 9.88 Å². The molecule has 0 saturated carbocycles. The lowest BCUT2D eigenvalue weighted by molar-refractivity contribution is 0.354. The van der Waals surface area contributed by atoms with Crippen LogP contribution in [0.5, 0.6) is 5.75 Å². The highest BCUT2D eigenvalue weighted by Crippen LogP contribution is 2.22. The van der Waals surface area contributed by atoms with Crippen molar-refractivity contribution >= 4 is 5.82 Å². The van der Waals surface area contributed by atoms with Crippen LogP contribution >= 0.6 is 0 Å². The molecule has 1 heterocycles. The Balaban J connectivity index is 2.74. The lowest BCUT2D eigenvalue weighted by atomic mass is 10.0. The van der Waals surface area contributed by atoms with Gasteiger partial charge < -0.3 is 15.0 Å². The van der Waals surface area contributed by atoms with Crippen molar-refractivity contribution in [2.24, 2.45) is 5.92 Å². The van der Waals surface area contributed by atoms with Crippen molar-refractivity contribution in [1.29, 1.82) is 0 Å². The van der Waals surface area contributed by atoms with E-state index in [1.807, 2.05) is 12.1 Å². The fraction of sp³-hybridized carbons (Fsp3) is 0.643. The molecule has 0 aliphatic rings. The van der Waals surface area contributed by atoms with Gasteiger partial charge in [0, 0.05) is 18.8 Å². The number of pyridine rings is 1. The topological polar surface area (TPSA) is 37.4 Å². The van der Waals surface area contributed by atoms with E-state index in [-0.39, 0.29) is 0 Å². The minimum atomic E-state index is 0.379. The highest BCUT2D eigenvalue weighted by atomic mass is 16.5. The molecule has 0 saturated heterocycles. The number of aromatic nitrogens is 1. The average molecular weight is 251 g/mol. The molecule has 4 nitrogen and oxygen atoms in total.